The molecule has 6 nitrogen and oxygen atoms in total. The van der Waals surface area contributed by atoms with Gasteiger partial charge in [0.2, 0.25) is 0 Å². The van der Waals surface area contributed by atoms with Crippen LogP contribution < -0.4 is 0 Å². The fraction of sp³-hybridized carbons (Fsp3) is 0.733. The van der Waals surface area contributed by atoms with Crippen molar-refractivity contribution in [2.24, 2.45) is 0 Å². The highest BCUT2D eigenvalue weighted by Gasteiger charge is 2.30. The number of amides is 1. The van der Waals surface area contributed by atoms with E-state index in [1.165, 1.54) is 6.39 Å². The van der Waals surface area contributed by atoms with E-state index >= 15 is 0 Å². The average molecular weight is 295 g/mol. The lowest BCUT2D eigenvalue weighted by molar-refractivity contribution is 0.0428. The molecule has 0 bridgehead atoms. The monoisotopic (exact) mass is 295 g/mol. The summed E-state index contributed by atoms with van der Waals surface area (Å²) in [5.74, 6) is 0.812. The van der Waals surface area contributed by atoms with E-state index in [2.05, 4.69) is 16.8 Å². The topological polar surface area (TPSA) is 58.8 Å². The van der Waals surface area contributed by atoms with Crippen LogP contribution in [0.5, 0.6) is 0 Å². The van der Waals surface area contributed by atoms with Gasteiger partial charge in [-0.05, 0) is 6.92 Å². The highest BCUT2D eigenvalue weighted by Crippen LogP contribution is 2.21. The van der Waals surface area contributed by atoms with Gasteiger partial charge >= 0.3 is 0 Å². The largest absolute Gasteiger partial charge is 0.447 e. The minimum atomic E-state index is -0.0225. The van der Waals surface area contributed by atoms with Crippen LogP contribution in [-0.2, 0) is 4.74 Å². The number of methoxy groups -OCH3 is 1. The van der Waals surface area contributed by atoms with Crippen LogP contribution in [0.4, 0.5) is 0 Å². The maximum absolute atomic E-state index is 12.6. The van der Waals surface area contributed by atoms with Crippen molar-refractivity contribution in [1.29, 1.82) is 0 Å². The van der Waals surface area contributed by atoms with E-state index in [0.717, 1.165) is 26.2 Å². The van der Waals surface area contributed by atoms with Crippen LogP contribution in [0.25, 0.3) is 0 Å². The molecule has 1 unspecified atom stereocenters. The van der Waals surface area contributed by atoms with E-state index < -0.39 is 0 Å². The molecule has 2 rings (SSSR count). The third-order valence-corrected chi connectivity index (χ3v) is 3.96. The lowest BCUT2D eigenvalue weighted by Crippen LogP contribution is -2.54. The molecule has 1 aromatic heterocycles. The van der Waals surface area contributed by atoms with Crippen molar-refractivity contribution in [1.82, 2.24) is 14.8 Å². The van der Waals surface area contributed by atoms with Gasteiger partial charge in [-0.15, -0.1) is 0 Å². The van der Waals surface area contributed by atoms with E-state index in [4.69, 9.17) is 9.15 Å². The van der Waals surface area contributed by atoms with Crippen molar-refractivity contribution in [3.05, 3.63) is 17.8 Å². The van der Waals surface area contributed by atoms with E-state index in [0.29, 0.717) is 24.0 Å². The summed E-state index contributed by atoms with van der Waals surface area (Å²) in [6, 6.07) is 0.326. The number of nitrogens with zero attached hydrogens (tertiary/aromatic N) is 3. The van der Waals surface area contributed by atoms with Gasteiger partial charge in [-0.25, -0.2) is 4.98 Å². The first-order valence-electron chi connectivity index (χ1n) is 7.50. The van der Waals surface area contributed by atoms with Gasteiger partial charge in [0.05, 0.1) is 6.61 Å². The Balaban J connectivity index is 2.00. The Hall–Kier alpha value is -1.40. The first-order valence-corrected chi connectivity index (χ1v) is 7.50. The summed E-state index contributed by atoms with van der Waals surface area (Å²) in [6.45, 7) is 10.1. The number of hydrogen-bond donors (Lipinski definition) is 0. The number of rotatable bonds is 5. The lowest BCUT2D eigenvalue weighted by Gasteiger charge is -2.39. The Kier molecular flexibility index (Phi) is 5.36. The zero-order valence-electron chi connectivity index (χ0n) is 13.3. The van der Waals surface area contributed by atoms with Gasteiger partial charge in [-0.1, -0.05) is 13.8 Å². The predicted molar refractivity (Wildman–Crippen MR) is 79.4 cm³/mol. The normalized spacial score (nSPS) is 20.2. The first kappa shape index (κ1) is 16.0. The number of aromatic nitrogens is 1. The molecular weight excluding hydrogens is 270 g/mol. The summed E-state index contributed by atoms with van der Waals surface area (Å²) in [5.41, 5.74) is 0.461. The standard InChI is InChI=1S/C15H25N3O3/c1-11(2)14-13(16-10-21-14)15(19)18-6-5-17(7-8-20-4)12(3)9-18/h10-12H,5-9H2,1-4H3. The Morgan fingerprint density at radius 3 is 2.90 bits per heavy atom. The molecule has 118 valence electrons. The number of oxazole rings is 1. The molecule has 0 aliphatic carbocycles. The predicted octanol–water partition coefficient (Wildman–Crippen LogP) is 1.59. The summed E-state index contributed by atoms with van der Waals surface area (Å²) < 4.78 is 10.5. The zero-order chi connectivity index (χ0) is 15.4. The van der Waals surface area contributed by atoms with Crippen LogP contribution in [0.2, 0.25) is 0 Å². The highest BCUT2D eigenvalue weighted by molar-refractivity contribution is 5.93. The minimum absolute atomic E-state index is 0.0225. The third kappa shape index (κ3) is 3.63. The van der Waals surface area contributed by atoms with Crippen molar-refractivity contribution in [3.63, 3.8) is 0 Å². The van der Waals surface area contributed by atoms with E-state index in [1.807, 2.05) is 18.7 Å². The van der Waals surface area contributed by atoms with E-state index in [-0.39, 0.29) is 11.8 Å². The summed E-state index contributed by atoms with van der Waals surface area (Å²) >= 11 is 0. The first-order chi connectivity index (χ1) is 10.0. The second-order valence-corrected chi connectivity index (χ2v) is 5.85. The molecular formula is C15H25N3O3. The second kappa shape index (κ2) is 7.04. The quantitative estimate of drug-likeness (QED) is 0.825. The minimum Gasteiger partial charge on any atom is -0.447 e. The van der Waals surface area contributed by atoms with Crippen LogP contribution >= 0.6 is 0 Å². The van der Waals surface area contributed by atoms with Gasteiger partial charge in [-0.2, -0.15) is 0 Å². The van der Waals surface area contributed by atoms with Crippen LogP contribution in [0.15, 0.2) is 10.8 Å². The average Bonchev–Trinajstić information content (AvgIpc) is 2.94. The van der Waals surface area contributed by atoms with Crippen LogP contribution in [0, 0.1) is 0 Å². The number of carbonyl (C=O) groups is 1. The molecule has 1 aliphatic rings. The lowest BCUT2D eigenvalue weighted by atomic mass is 10.1. The molecule has 2 heterocycles. The smallest absolute Gasteiger partial charge is 0.276 e. The van der Waals surface area contributed by atoms with Crippen molar-refractivity contribution in [3.8, 4) is 0 Å². The van der Waals surface area contributed by atoms with Crippen LogP contribution in [0.3, 0.4) is 0 Å². The van der Waals surface area contributed by atoms with Gasteiger partial charge in [0.15, 0.2) is 12.1 Å². The fourth-order valence-electron chi connectivity index (χ4n) is 2.70. The molecule has 1 amide bonds. The Bertz CT molecular complexity index is 472. The SMILES string of the molecule is COCCN1CCN(C(=O)c2ncoc2C(C)C)CC1C. The molecule has 1 aliphatic heterocycles. The van der Waals surface area contributed by atoms with E-state index in [9.17, 15) is 4.79 Å². The second-order valence-electron chi connectivity index (χ2n) is 5.85. The maximum Gasteiger partial charge on any atom is 0.276 e. The number of piperazine rings is 1. The number of ether oxygens (including phenoxy) is 1. The van der Waals surface area contributed by atoms with Crippen LogP contribution in [0.1, 0.15) is 42.9 Å². The van der Waals surface area contributed by atoms with Crippen molar-refractivity contribution in [2.75, 3.05) is 39.9 Å². The molecule has 0 N–H and O–H groups in total. The number of carbonyl (C=O) groups excluding carboxylic acids is 1. The Morgan fingerprint density at radius 1 is 1.52 bits per heavy atom. The van der Waals surface area contributed by atoms with Crippen molar-refractivity contribution in [2.45, 2.75) is 32.7 Å². The van der Waals surface area contributed by atoms with Crippen LogP contribution in [-0.4, -0.2) is 66.6 Å². The maximum atomic E-state index is 12.6. The molecule has 1 saturated heterocycles. The molecule has 0 spiro atoms. The van der Waals surface area contributed by atoms with Crippen molar-refractivity contribution >= 4 is 5.91 Å². The molecule has 0 radical (unpaired) electrons. The molecule has 1 aromatic rings. The third-order valence-electron chi connectivity index (χ3n) is 3.96. The number of hydrogen-bond acceptors (Lipinski definition) is 5. The fourth-order valence-corrected chi connectivity index (χ4v) is 2.70. The highest BCUT2D eigenvalue weighted by atomic mass is 16.5. The van der Waals surface area contributed by atoms with Gasteiger partial charge in [0, 0.05) is 45.2 Å². The molecule has 21 heavy (non-hydrogen) atoms. The van der Waals surface area contributed by atoms with Gasteiger partial charge < -0.3 is 14.1 Å². The summed E-state index contributed by atoms with van der Waals surface area (Å²) in [7, 11) is 1.71. The molecule has 1 atom stereocenters. The molecule has 1 fully saturated rings. The van der Waals surface area contributed by atoms with Crippen molar-refractivity contribution < 1.29 is 13.9 Å². The summed E-state index contributed by atoms with van der Waals surface area (Å²) in [5, 5.41) is 0. The summed E-state index contributed by atoms with van der Waals surface area (Å²) in [6.07, 6.45) is 1.36. The summed E-state index contributed by atoms with van der Waals surface area (Å²) in [4.78, 5) is 20.9. The molecule has 0 saturated carbocycles. The van der Waals surface area contributed by atoms with Gasteiger partial charge in [0.1, 0.15) is 5.76 Å². The Labute approximate surface area is 126 Å². The van der Waals surface area contributed by atoms with E-state index in [1.54, 1.807) is 7.11 Å². The van der Waals surface area contributed by atoms with Gasteiger partial charge in [0.25, 0.3) is 5.91 Å². The molecule has 0 aromatic carbocycles. The van der Waals surface area contributed by atoms with Gasteiger partial charge in [-0.3, -0.25) is 9.69 Å². The zero-order valence-corrected chi connectivity index (χ0v) is 13.3. The Morgan fingerprint density at radius 2 is 2.29 bits per heavy atom. The molecule has 6 heteroatoms.